The molecule has 13 aromatic rings. The summed E-state index contributed by atoms with van der Waals surface area (Å²) >= 11 is 29.5. The zero-order chi connectivity index (χ0) is 73.1. The Morgan fingerprint density at radius 3 is 1.55 bits per heavy atom. The van der Waals surface area contributed by atoms with Crippen LogP contribution in [0.1, 0.15) is 107 Å². The number of fused-ring (bicyclic) bond motifs is 4. The number of aromatic amines is 1. The molecule has 102 heavy (non-hydrogen) atoms. The Balaban J connectivity index is 0.000000155. The highest BCUT2D eigenvalue weighted by molar-refractivity contribution is 6.32. The van der Waals surface area contributed by atoms with Crippen molar-refractivity contribution in [3.8, 4) is 6.07 Å². The number of nitrogens with zero attached hydrogens (tertiary/aromatic N) is 13. The Kier molecular flexibility index (Phi) is 25.6. The van der Waals surface area contributed by atoms with Crippen molar-refractivity contribution in [3.05, 3.63) is 240 Å². The summed E-state index contributed by atoms with van der Waals surface area (Å²) in [6, 6.07) is 34.6. The van der Waals surface area contributed by atoms with Crippen LogP contribution in [-0.2, 0) is 46.0 Å². The maximum absolute atomic E-state index is 12.8. The lowest BCUT2D eigenvalue weighted by atomic mass is 10.1. The number of ether oxygens (including phenoxy) is 2. The summed E-state index contributed by atoms with van der Waals surface area (Å²) in [6.45, 7) is 11.0. The average molecular weight is 1470 g/mol. The van der Waals surface area contributed by atoms with Crippen molar-refractivity contribution < 1.29 is 33.1 Å². The van der Waals surface area contributed by atoms with Crippen LogP contribution in [-0.4, -0.2) is 108 Å². The summed E-state index contributed by atoms with van der Waals surface area (Å²) in [7, 11) is 0. The maximum atomic E-state index is 12.8. The summed E-state index contributed by atoms with van der Waals surface area (Å²) in [5.41, 5.74) is 34.1. The number of alkyl halides is 1. The fraction of sp³-hybridized carbons (Fsp3) is 0.169. The van der Waals surface area contributed by atoms with Crippen molar-refractivity contribution in [3.63, 3.8) is 0 Å². The first kappa shape index (κ1) is 74.6. The van der Waals surface area contributed by atoms with Crippen molar-refractivity contribution >= 4 is 155 Å². The predicted octanol–water partition coefficient (Wildman–Crippen LogP) is 12.8. The molecule has 0 saturated heterocycles. The topological polar surface area (TPSA) is 385 Å². The van der Waals surface area contributed by atoms with E-state index >= 15 is 0 Å². The molecule has 10 N–H and O–H groups in total. The number of carbonyl (C=O) groups is 4. The summed E-state index contributed by atoms with van der Waals surface area (Å²) < 4.78 is 19.1. The molecule has 0 spiro atoms. The first-order valence-corrected chi connectivity index (χ1v) is 33.1. The van der Waals surface area contributed by atoms with Gasteiger partial charge in [0.25, 0.3) is 5.91 Å². The molecular weight excluding hydrogens is 1410 g/mol. The number of aryl methyl sites for hydroxylation is 2. The maximum Gasteiger partial charge on any atom is 0.618 e. The van der Waals surface area contributed by atoms with Gasteiger partial charge in [-0.25, -0.2) is 23.9 Å². The number of nitrogens with two attached hydrogens (primary N) is 4. The van der Waals surface area contributed by atoms with E-state index < -0.39 is 17.9 Å². The minimum Gasteiger partial charge on any atom is -0.462 e. The van der Waals surface area contributed by atoms with Gasteiger partial charge in [-0.05, 0) is 140 Å². The number of hydrogen-bond donors (Lipinski definition) is 6. The third-order valence-electron chi connectivity index (χ3n) is 15.0. The summed E-state index contributed by atoms with van der Waals surface area (Å²) in [6.07, 6.45) is 13.5. The molecule has 31 heteroatoms. The molecule has 0 saturated carbocycles. The standard InChI is InChI=1S/C23H20ClN7O.C16H15ClN4O2.C16H14ClN4O2.C10H7Cl2N.C6H9N3O2/c1-13-5-22(26)30-14(2)18(13)10-28-23(32)19-11-29-31(21(19)8-25)12-15-3-4-20-16(6-15)7-17(24)9-27-20;1-2-23-16(22)13-8-20-21(15(13)18)9-10-3-4-14-11(5-10)6-12(17)7-19-14;1-2-23-16(22)13-9-21(20-15(13)18)8-10-3-4-14-11(5-10)6-12(17)7-19-14;11-5-7-1-2-10-8(3-7)4-9(12)6-13-10;1-2-11-6(10)4-3-8-9-5(4)7/h3-7,9,11H,10,12H2,1-2H3,(H2,26,30)(H,28,32);3-8H,2,9,18H2,1H3;2-7,9H,8H2,1H3,(H2,18,20);1-4,6H,5H2;3H,2H2,1H3,(H3,7,8,9)/q;;+1;;. The fourth-order valence-corrected chi connectivity index (χ4v) is 11.0. The highest BCUT2D eigenvalue weighted by atomic mass is 35.5. The normalized spacial score (nSPS) is 10.8. The van der Waals surface area contributed by atoms with Gasteiger partial charge in [0.2, 0.25) is 0 Å². The summed E-state index contributed by atoms with van der Waals surface area (Å²) in [5, 5.41) is 37.3. The second-order valence-corrected chi connectivity index (χ2v) is 24.2. The number of nitriles is 1. The van der Waals surface area contributed by atoms with E-state index in [0.29, 0.717) is 64.6 Å². The van der Waals surface area contributed by atoms with Crippen LogP contribution >= 0.6 is 58.0 Å². The van der Waals surface area contributed by atoms with Gasteiger partial charge in [-0.3, -0.25) is 38.9 Å². The van der Waals surface area contributed by atoms with Gasteiger partial charge in [0.05, 0.1) is 104 Å². The number of nitrogens with one attached hydrogen (secondary N) is 2. The van der Waals surface area contributed by atoms with E-state index in [1.54, 1.807) is 67.2 Å². The van der Waals surface area contributed by atoms with Gasteiger partial charge in [-0.2, -0.15) is 25.7 Å². The Bertz CT molecular complexity index is 5280. The molecule has 0 aliphatic heterocycles. The molecule has 0 unspecified atom stereocenters. The molecule has 0 fully saturated rings. The molecule has 4 aromatic carbocycles. The van der Waals surface area contributed by atoms with Crippen LogP contribution in [0.5, 0.6) is 0 Å². The van der Waals surface area contributed by atoms with E-state index in [4.69, 9.17) is 90.1 Å². The lowest BCUT2D eigenvalue weighted by molar-refractivity contribution is -0.339. The van der Waals surface area contributed by atoms with E-state index in [-0.39, 0.29) is 57.9 Å². The number of hydrogen-bond acceptors (Lipinski definition) is 20. The first-order chi connectivity index (χ1) is 49.0. The molecular formula is C71H65Cl5N19O7+. The third kappa shape index (κ3) is 19.4. The van der Waals surface area contributed by atoms with Crippen LogP contribution in [0.4, 0.5) is 23.3 Å². The lowest BCUT2D eigenvalue weighted by Gasteiger charge is -2.11. The number of rotatable bonds is 15. The number of esters is 2. The highest BCUT2D eigenvalue weighted by Crippen LogP contribution is 2.25. The van der Waals surface area contributed by atoms with Crippen molar-refractivity contribution in [1.82, 2.24) is 69.8 Å². The smallest absolute Gasteiger partial charge is 0.462 e. The van der Waals surface area contributed by atoms with Crippen LogP contribution in [0, 0.1) is 25.2 Å². The van der Waals surface area contributed by atoms with E-state index in [1.165, 1.54) is 29.6 Å². The second kappa shape index (κ2) is 34.9. The van der Waals surface area contributed by atoms with Crippen molar-refractivity contribution in [2.24, 2.45) is 0 Å². The zero-order valence-corrected chi connectivity index (χ0v) is 59.1. The number of nitrogen functional groups attached to an aromatic ring is 4. The fourth-order valence-electron chi connectivity index (χ4n) is 10.1. The molecule has 13 rings (SSSR count). The molecule has 0 atom stereocenters. The summed E-state index contributed by atoms with van der Waals surface area (Å²) in [4.78, 5) is 68.5. The van der Waals surface area contributed by atoms with Crippen LogP contribution < -0.4 is 28.3 Å². The quantitative estimate of drug-likeness (QED) is 0.0240. The second-order valence-electron chi connectivity index (χ2n) is 22.1. The predicted molar refractivity (Wildman–Crippen MR) is 394 cm³/mol. The lowest BCUT2D eigenvalue weighted by Crippen LogP contribution is -2.24. The number of aromatic nitrogens is 13. The number of anilines is 4. The molecule has 0 radical (unpaired) electrons. The van der Waals surface area contributed by atoms with E-state index in [2.05, 4.69) is 66.5 Å². The van der Waals surface area contributed by atoms with Gasteiger partial charge in [-0.15, -0.1) is 11.6 Å². The van der Waals surface area contributed by atoms with Crippen LogP contribution in [0.2, 0.25) is 20.1 Å². The monoisotopic (exact) mass is 1470 g/mol. The molecule has 0 aliphatic carbocycles. The molecule has 26 nitrogen and oxygen atoms in total. The van der Waals surface area contributed by atoms with Crippen molar-refractivity contribution in [2.75, 3.05) is 36.1 Å². The van der Waals surface area contributed by atoms with Gasteiger partial charge < -0.3 is 37.7 Å². The molecule has 520 valence electrons. The van der Waals surface area contributed by atoms with E-state index in [9.17, 15) is 24.4 Å². The third-order valence-corrected chi connectivity index (χ3v) is 16.1. The van der Waals surface area contributed by atoms with Gasteiger partial charge in [0.1, 0.15) is 34.6 Å². The number of amides is 1. The Morgan fingerprint density at radius 1 is 0.608 bits per heavy atom. The van der Waals surface area contributed by atoms with Gasteiger partial charge in [0, 0.05) is 77.6 Å². The molecule has 0 bridgehead atoms. The van der Waals surface area contributed by atoms with Crippen LogP contribution in [0.15, 0.2) is 153 Å². The largest absolute Gasteiger partial charge is 0.618 e. The zero-order valence-electron chi connectivity index (χ0n) is 55.3. The first-order valence-electron chi connectivity index (χ1n) is 31.0. The molecule has 0 aliphatic rings. The number of benzene rings is 4. The Morgan fingerprint density at radius 2 is 1.08 bits per heavy atom. The summed E-state index contributed by atoms with van der Waals surface area (Å²) in [5.74, 6) is -0.191. The number of H-pyrrole nitrogens is 1. The number of halogens is 5. The molecule has 9 aromatic heterocycles. The Labute approximate surface area is 608 Å². The Hall–Kier alpha value is -11.6. The SMILES string of the molecule is CC=[O+]C(=O)c1cn(Cc2ccc3ncc(Cl)cc3c2)nc1N.CCOC(=O)c1cn[nH]c1N.CCOC(=O)c1cnn(Cc2ccc3ncc(Cl)cc3c2)c1N.Cc1cc(N)nc(C)c1CNC(=O)c1cnn(Cc2ccc3ncc(Cl)cc3c2)c1C#N.ClCc1ccc2ncc(Cl)cc2c1. The molecule has 1 amide bonds. The van der Waals surface area contributed by atoms with Crippen LogP contribution in [0.25, 0.3) is 43.6 Å². The van der Waals surface area contributed by atoms with Crippen molar-refractivity contribution in [1.29, 1.82) is 5.26 Å². The minimum atomic E-state index is -0.522. The number of aldehydes is 1. The van der Waals surface area contributed by atoms with Gasteiger partial charge in [0.15, 0.2) is 23.4 Å². The van der Waals surface area contributed by atoms with Crippen molar-refractivity contribution in [2.45, 2.75) is 66.7 Å². The number of carbonyl (C=O) groups excluding carboxylic acids is 5. The highest BCUT2D eigenvalue weighted by Gasteiger charge is 2.25. The van der Waals surface area contributed by atoms with E-state index in [0.717, 1.165) is 82.7 Å². The molecule has 9 heterocycles. The van der Waals surface area contributed by atoms with Gasteiger partial charge in [-0.1, -0.05) is 70.7 Å². The minimum absolute atomic E-state index is 0.141. The average Bonchev–Trinajstić information content (AvgIpc) is 1.49. The number of pyridine rings is 5. The van der Waals surface area contributed by atoms with Gasteiger partial charge >= 0.3 is 17.9 Å². The van der Waals surface area contributed by atoms with Crippen LogP contribution in [0.3, 0.4) is 0 Å². The van der Waals surface area contributed by atoms with E-state index in [1.807, 2.05) is 111 Å².